The number of halogens is 3. The zero-order valence-electron chi connectivity index (χ0n) is 15.7. The molecule has 148 valence electrons. The molecule has 3 aromatic rings. The van der Waals surface area contributed by atoms with Crippen LogP contribution in [0.15, 0.2) is 53.8 Å². The molecule has 0 radical (unpaired) electrons. The van der Waals surface area contributed by atoms with Crippen molar-refractivity contribution in [3.8, 4) is 22.7 Å². The average Bonchev–Trinajstić information content (AvgIpc) is 3.03. The maximum atomic E-state index is 12.4. The number of aryl methyl sites for hydroxylation is 3. The highest BCUT2D eigenvalue weighted by atomic mass is 79.9. The standard InChI is InChI=1S/C21H21F2N2OS.BrH/c1-14-4-5-15(2)18(12-14)25-19(13-24-10-3-11-27-21(24)25)16-6-8-17(9-7-16)26-20(22)23;/h4-9,12-13,20H,3,10-11H2,1-2H3;1H/q+1;/p-1. The van der Waals surface area contributed by atoms with E-state index in [0.29, 0.717) is 0 Å². The van der Waals surface area contributed by atoms with E-state index in [1.807, 2.05) is 23.9 Å². The Morgan fingerprint density at radius 3 is 2.57 bits per heavy atom. The summed E-state index contributed by atoms with van der Waals surface area (Å²) in [5, 5.41) is 1.21. The smallest absolute Gasteiger partial charge is 0.387 e. The van der Waals surface area contributed by atoms with Crippen LogP contribution in [0, 0.1) is 13.8 Å². The first kappa shape index (κ1) is 20.9. The predicted octanol–water partition coefficient (Wildman–Crippen LogP) is 2.15. The Hall–Kier alpha value is -1.86. The second-order valence-corrected chi connectivity index (χ2v) is 7.78. The molecule has 1 aliphatic rings. The number of rotatable bonds is 4. The first-order chi connectivity index (χ1) is 13.0. The van der Waals surface area contributed by atoms with Crippen molar-refractivity contribution in [2.24, 2.45) is 0 Å². The Bertz CT molecular complexity index is 973. The van der Waals surface area contributed by atoms with E-state index in [-0.39, 0.29) is 22.7 Å². The van der Waals surface area contributed by atoms with E-state index in [0.717, 1.165) is 35.7 Å². The first-order valence-electron chi connectivity index (χ1n) is 8.94. The van der Waals surface area contributed by atoms with Crippen LogP contribution in [0.25, 0.3) is 16.9 Å². The molecule has 1 aromatic heterocycles. The molecular weight excluding hydrogens is 446 g/mol. The summed E-state index contributed by atoms with van der Waals surface area (Å²) in [6, 6.07) is 13.3. The van der Waals surface area contributed by atoms with Gasteiger partial charge >= 0.3 is 11.8 Å². The maximum absolute atomic E-state index is 12.4. The van der Waals surface area contributed by atoms with Crippen LogP contribution >= 0.6 is 11.8 Å². The van der Waals surface area contributed by atoms with Crippen LogP contribution in [-0.4, -0.2) is 16.9 Å². The number of hydrogen-bond acceptors (Lipinski definition) is 2. The Morgan fingerprint density at radius 1 is 1.11 bits per heavy atom. The predicted molar refractivity (Wildman–Crippen MR) is 103 cm³/mol. The monoisotopic (exact) mass is 466 g/mol. The van der Waals surface area contributed by atoms with Crippen molar-refractivity contribution >= 4 is 11.8 Å². The van der Waals surface area contributed by atoms with Gasteiger partial charge in [-0.1, -0.05) is 12.1 Å². The van der Waals surface area contributed by atoms with Gasteiger partial charge in [0.1, 0.15) is 17.6 Å². The fourth-order valence-corrected chi connectivity index (χ4v) is 4.49. The quantitative estimate of drug-likeness (QED) is 0.548. The lowest BCUT2D eigenvalue weighted by Crippen LogP contribution is -3.00. The summed E-state index contributed by atoms with van der Waals surface area (Å²) < 4.78 is 33.9. The molecule has 0 bridgehead atoms. The maximum Gasteiger partial charge on any atom is 0.387 e. The minimum atomic E-state index is -2.81. The number of aromatic nitrogens is 2. The van der Waals surface area contributed by atoms with Crippen molar-refractivity contribution in [2.45, 2.75) is 38.6 Å². The number of imidazole rings is 1. The minimum absolute atomic E-state index is 0. The van der Waals surface area contributed by atoms with Crippen LogP contribution in [0.3, 0.4) is 0 Å². The van der Waals surface area contributed by atoms with Gasteiger partial charge in [0.25, 0.3) is 0 Å². The van der Waals surface area contributed by atoms with E-state index >= 15 is 0 Å². The molecule has 3 nitrogen and oxygen atoms in total. The molecule has 0 atom stereocenters. The van der Waals surface area contributed by atoms with Gasteiger partial charge in [-0.05, 0) is 73.5 Å². The van der Waals surface area contributed by atoms with Gasteiger partial charge < -0.3 is 21.7 Å². The van der Waals surface area contributed by atoms with E-state index in [2.05, 4.69) is 52.1 Å². The molecule has 1 aliphatic heterocycles. The number of alkyl halides is 2. The molecule has 0 unspecified atom stereocenters. The lowest BCUT2D eigenvalue weighted by Gasteiger charge is -2.12. The van der Waals surface area contributed by atoms with Crippen molar-refractivity contribution < 1.29 is 35.1 Å². The van der Waals surface area contributed by atoms with Gasteiger partial charge in [0.05, 0.1) is 6.54 Å². The number of fused-ring (bicyclic) bond motifs is 1. The van der Waals surface area contributed by atoms with Crippen molar-refractivity contribution in [3.63, 3.8) is 0 Å². The molecule has 0 spiro atoms. The summed E-state index contributed by atoms with van der Waals surface area (Å²) in [4.78, 5) is 0. The highest BCUT2D eigenvalue weighted by molar-refractivity contribution is 7.99. The van der Waals surface area contributed by atoms with E-state index in [9.17, 15) is 8.78 Å². The SMILES string of the molecule is Cc1ccc(C)c(-n2c(-c3ccc(OC(F)F)cc3)c[n+]3c2SCCC3)c1.[Br-]. The van der Waals surface area contributed by atoms with Crippen LogP contribution < -0.4 is 26.3 Å². The van der Waals surface area contributed by atoms with Crippen LogP contribution in [0.2, 0.25) is 0 Å². The molecule has 28 heavy (non-hydrogen) atoms. The Kier molecular flexibility index (Phi) is 6.45. The Labute approximate surface area is 178 Å². The Balaban J connectivity index is 0.00000225. The topological polar surface area (TPSA) is 18.0 Å². The highest BCUT2D eigenvalue weighted by Crippen LogP contribution is 2.33. The zero-order valence-corrected chi connectivity index (χ0v) is 18.1. The van der Waals surface area contributed by atoms with Gasteiger partial charge in [-0.25, -0.2) is 4.57 Å². The first-order valence-corrected chi connectivity index (χ1v) is 9.92. The van der Waals surface area contributed by atoms with Gasteiger partial charge in [-0.2, -0.15) is 13.3 Å². The van der Waals surface area contributed by atoms with E-state index in [4.69, 9.17) is 0 Å². The molecule has 4 rings (SSSR count). The molecule has 0 aliphatic carbocycles. The molecule has 2 aromatic carbocycles. The number of benzene rings is 2. The van der Waals surface area contributed by atoms with Crippen LogP contribution in [0.1, 0.15) is 17.5 Å². The van der Waals surface area contributed by atoms with Gasteiger partial charge in [0.15, 0.2) is 5.69 Å². The third-order valence-electron chi connectivity index (χ3n) is 4.71. The molecule has 2 heterocycles. The molecule has 0 saturated heterocycles. The minimum Gasteiger partial charge on any atom is -1.00 e. The second-order valence-electron chi connectivity index (χ2n) is 6.72. The van der Waals surface area contributed by atoms with E-state index in [1.54, 1.807) is 12.1 Å². The summed E-state index contributed by atoms with van der Waals surface area (Å²) in [6.45, 7) is 2.38. The van der Waals surface area contributed by atoms with Crippen LogP contribution in [-0.2, 0) is 6.54 Å². The zero-order chi connectivity index (χ0) is 19.0. The lowest BCUT2D eigenvalue weighted by atomic mass is 10.1. The van der Waals surface area contributed by atoms with Gasteiger partial charge in [-0.3, -0.25) is 0 Å². The van der Waals surface area contributed by atoms with Gasteiger partial charge in [0.2, 0.25) is 0 Å². The number of thioether (sulfide) groups is 1. The van der Waals surface area contributed by atoms with Crippen molar-refractivity contribution in [1.82, 2.24) is 4.57 Å². The molecule has 0 saturated carbocycles. The van der Waals surface area contributed by atoms with Gasteiger partial charge in [-0.15, -0.1) is 0 Å². The summed E-state index contributed by atoms with van der Waals surface area (Å²) >= 11 is 1.85. The average molecular weight is 467 g/mol. The molecule has 0 N–H and O–H groups in total. The summed E-state index contributed by atoms with van der Waals surface area (Å²) in [7, 11) is 0. The molecular formula is C21H21BrF2N2OS. The van der Waals surface area contributed by atoms with E-state index < -0.39 is 6.61 Å². The largest absolute Gasteiger partial charge is 1.00 e. The fraction of sp³-hybridized carbons (Fsp3) is 0.286. The van der Waals surface area contributed by atoms with Crippen LogP contribution in [0.5, 0.6) is 5.75 Å². The highest BCUT2D eigenvalue weighted by Gasteiger charge is 2.29. The Morgan fingerprint density at radius 2 is 1.86 bits per heavy atom. The molecule has 7 heteroatoms. The third-order valence-corrected chi connectivity index (χ3v) is 5.88. The summed E-state index contributed by atoms with van der Waals surface area (Å²) in [6.07, 6.45) is 3.30. The summed E-state index contributed by atoms with van der Waals surface area (Å²) in [5.41, 5.74) is 5.58. The normalized spacial score (nSPS) is 13.2. The lowest BCUT2D eigenvalue weighted by molar-refractivity contribution is -0.734. The van der Waals surface area contributed by atoms with Crippen LogP contribution in [0.4, 0.5) is 8.78 Å². The second kappa shape index (κ2) is 8.66. The number of nitrogens with zero attached hydrogens (tertiary/aromatic N) is 2. The van der Waals surface area contributed by atoms with Gasteiger partial charge in [0, 0.05) is 11.3 Å². The third kappa shape index (κ3) is 4.10. The summed E-state index contributed by atoms with van der Waals surface area (Å²) in [5.74, 6) is 1.26. The fourth-order valence-electron chi connectivity index (χ4n) is 3.40. The van der Waals surface area contributed by atoms with Crippen molar-refractivity contribution in [1.29, 1.82) is 0 Å². The number of hydrogen-bond donors (Lipinski definition) is 0. The van der Waals surface area contributed by atoms with Crippen molar-refractivity contribution in [3.05, 3.63) is 59.8 Å². The van der Waals surface area contributed by atoms with Crippen molar-refractivity contribution in [2.75, 3.05) is 5.75 Å². The molecule has 0 amide bonds. The van der Waals surface area contributed by atoms with E-state index in [1.165, 1.54) is 16.3 Å². The molecule has 0 fully saturated rings. The number of ether oxygens (including phenoxy) is 1.